The van der Waals surface area contributed by atoms with E-state index in [2.05, 4.69) is 39.4 Å². The third-order valence-corrected chi connectivity index (χ3v) is 4.60. The van der Waals surface area contributed by atoms with Crippen molar-refractivity contribution in [3.63, 3.8) is 0 Å². The Labute approximate surface area is 127 Å². The van der Waals surface area contributed by atoms with Crippen molar-refractivity contribution in [2.75, 3.05) is 17.7 Å². The second-order valence-electron chi connectivity index (χ2n) is 4.77. The molecule has 3 aromatic rings. The summed E-state index contributed by atoms with van der Waals surface area (Å²) in [6.45, 7) is 4.23. The third-order valence-electron chi connectivity index (χ3n) is 3.27. The summed E-state index contributed by atoms with van der Waals surface area (Å²) < 4.78 is 1.95. The van der Waals surface area contributed by atoms with Crippen LogP contribution in [0.3, 0.4) is 0 Å². The van der Waals surface area contributed by atoms with Crippen molar-refractivity contribution < 1.29 is 0 Å². The Kier molecular flexibility index (Phi) is 3.74. The van der Waals surface area contributed by atoms with Crippen molar-refractivity contribution in [2.45, 2.75) is 26.3 Å². The summed E-state index contributed by atoms with van der Waals surface area (Å²) in [5.41, 5.74) is 0.813. The quantitative estimate of drug-likeness (QED) is 0.758. The van der Waals surface area contributed by atoms with Crippen LogP contribution in [0.5, 0.6) is 0 Å². The summed E-state index contributed by atoms with van der Waals surface area (Å²) in [4.78, 5) is 14.7. The molecule has 6 nitrogen and oxygen atoms in total. The van der Waals surface area contributed by atoms with Crippen LogP contribution in [-0.4, -0.2) is 26.4 Å². The molecule has 0 spiro atoms. The minimum Gasteiger partial charge on any atom is -0.372 e. The first-order chi connectivity index (χ1) is 10.2. The predicted octanol–water partition coefficient (Wildman–Crippen LogP) is 2.96. The van der Waals surface area contributed by atoms with Crippen molar-refractivity contribution in [2.24, 2.45) is 0 Å². The van der Waals surface area contributed by atoms with Crippen LogP contribution in [0.1, 0.15) is 29.8 Å². The summed E-state index contributed by atoms with van der Waals surface area (Å²) in [6, 6.07) is 0.0930. The molecule has 0 saturated carbocycles. The van der Waals surface area contributed by atoms with Gasteiger partial charge in [-0.2, -0.15) is 0 Å². The van der Waals surface area contributed by atoms with Crippen LogP contribution in [-0.2, 0) is 6.42 Å². The van der Waals surface area contributed by atoms with Gasteiger partial charge in [0.1, 0.15) is 10.8 Å². The highest BCUT2D eigenvalue weighted by Crippen LogP contribution is 2.25. The number of nitrogens with one attached hydrogen (secondary N) is 2. The minimum absolute atomic E-state index is 0.0930. The van der Waals surface area contributed by atoms with Crippen LogP contribution in [0.25, 0.3) is 5.65 Å². The lowest BCUT2D eigenvalue weighted by atomic mass is 10.3. The topological polar surface area (TPSA) is 67.1 Å². The smallest absolute Gasteiger partial charge is 0.180 e. The van der Waals surface area contributed by atoms with Crippen molar-refractivity contribution in [3.8, 4) is 0 Å². The van der Waals surface area contributed by atoms with E-state index in [1.807, 2.05) is 30.0 Å². The molecule has 3 aromatic heterocycles. The Morgan fingerprint density at radius 3 is 2.95 bits per heavy atom. The molecule has 7 heteroatoms. The Hall–Kier alpha value is -2.15. The molecule has 2 N–H and O–H groups in total. The third kappa shape index (κ3) is 2.69. The molecule has 0 amide bonds. The number of rotatable bonds is 5. The fourth-order valence-corrected chi connectivity index (χ4v) is 2.96. The molecule has 110 valence electrons. The van der Waals surface area contributed by atoms with E-state index >= 15 is 0 Å². The van der Waals surface area contributed by atoms with E-state index in [4.69, 9.17) is 0 Å². The van der Waals surface area contributed by atoms with E-state index in [0.29, 0.717) is 0 Å². The summed E-state index contributed by atoms with van der Waals surface area (Å²) >= 11 is 1.73. The first kappa shape index (κ1) is 13.8. The molecule has 0 fully saturated rings. The van der Waals surface area contributed by atoms with E-state index in [9.17, 15) is 0 Å². The molecule has 3 rings (SSSR count). The van der Waals surface area contributed by atoms with Gasteiger partial charge in [-0.3, -0.25) is 0 Å². The van der Waals surface area contributed by atoms with Gasteiger partial charge in [-0.15, -0.1) is 11.3 Å². The zero-order valence-corrected chi connectivity index (χ0v) is 13.1. The molecule has 0 saturated heterocycles. The van der Waals surface area contributed by atoms with Crippen LogP contribution in [0, 0.1) is 0 Å². The van der Waals surface area contributed by atoms with Gasteiger partial charge in [0.25, 0.3) is 0 Å². The first-order valence-corrected chi connectivity index (χ1v) is 7.75. The van der Waals surface area contributed by atoms with Gasteiger partial charge in [-0.05, 0) is 13.3 Å². The number of nitrogens with zero attached hydrogens (tertiary/aromatic N) is 4. The van der Waals surface area contributed by atoms with Gasteiger partial charge >= 0.3 is 0 Å². The number of hydrogen-bond donors (Lipinski definition) is 2. The monoisotopic (exact) mass is 302 g/mol. The Balaban J connectivity index is 1.91. The molecule has 1 atom stereocenters. The lowest BCUT2D eigenvalue weighted by Gasteiger charge is -2.13. The van der Waals surface area contributed by atoms with Crippen LogP contribution in [0.2, 0.25) is 0 Å². The molecule has 0 bridgehead atoms. The van der Waals surface area contributed by atoms with Crippen LogP contribution < -0.4 is 10.6 Å². The van der Waals surface area contributed by atoms with Crippen molar-refractivity contribution >= 4 is 28.6 Å². The molecule has 0 radical (unpaired) electrons. The summed E-state index contributed by atoms with van der Waals surface area (Å²) in [6.07, 6.45) is 8.55. The van der Waals surface area contributed by atoms with E-state index in [-0.39, 0.29) is 6.04 Å². The van der Waals surface area contributed by atoms with Crippen LogP contribution in [0.4, 0.5) is 11.6 Å². The molecule has 0 aliphatic carbocycles. The maximum atomic E-state index is 4.56. The lowest BCUT2D eigenvalue weighted by Crippen LogP contribution is -2.10. The predicted molar refractivity (Wildman–Crippen MR) is 86.1 cm³/mol. The number of aryl methyl sites for hydroxylation is 1. The van der Waals surface area contributed by atoms with Gasteiger partial charge in [0, 0.05) is 30.5 Å². The van der Waals surface area contributed by atoms with Gasteiger partial charge < -0.3 is 15.0 Å². The number of thiazole rings is 1. The number of fused-ring (bicyclic) bond motifs is 1. The van der Waals surface area contributed by atoms with E-state index < -0.39 is 0 Å². The second-order valence-corrected chi connectivity index (χ2v) is 5.91. The van der Waals surface area contributed by atoms with E-state index in [1.165, 1.54) is 4.88 Å². The van der Waals surface area contributed by atoms with Gasteiger partial charge in [-0.25, -0.2) is 15.0 Å². The highest BCUT2D eigenvalue weighted by Gasteiger charge is 2.14. The maximum absolute atomic E-state index is 4.56. The van der Waals surface area contributed by atoms with Gasteiger partial charge in [-0.1, -0.05) is 6.92 Å². The van der Waals surface area contributed by atoms with Crippen molar-refractivity contribution in [1.29, 1.82) is 0 Å². The van der Waals surface area contributed by atoms with Crippen LogP contribution >= 0.6 is 11.3 Å². The summed E-state index contributed by atoms with van der Waals surface area (Å²) in [5.74, 6) is 1.55. The average Bonchev–Trinajstić information content (AvgIpc) is 3.15. The lowest BCUT2D eigenvalue weighted by molar-refractivity contribution is 0.859. The highest BCUT2D eigenvalue weighted by atomic mass is 32.1. The Bertz CT molecular complexity index is 747. The van der Waals surface area contributed by atoms with Crippen molar-refractivity contribution in [1.82, 2.24) is 19.4 Å². The molecule has 21 heavy (non-hydrogen) atoms. The standard InChI is InChI=1S/C14H18N6S/c1-4-10-7-17-14(21-10)9(2)18-12-13-16-5-6-20(13)8-11(15-3)19-12/h5-9,15H,4H2,1-3H3,(H,18,19). The van der Waals surface area contributed by atoms with Crippen LogP contribution in [0.15, 0.2) is 24.8 Å². The van der Waals surface area contributed by atoms with E-state index in [1.54, 1.807) is 17.5 Å². The number of aromatic nitrogens is 4. The molecule has 3 heterocycles. The molecular weight excluding hydrogens is 284 g/mol. The Morgan fingerprint density at radius 2 is 2.24 bits per heavy atom. The Morgan fingerprint density at radius 1 is 1.38 bits per heavy atom. The second kappa shape index (κ2) is 5.69. The fourth-order valence-electron chi connectivity index (χ4n) is 2.10. The SMILES string of the molecule is CCc1cnc(C(C)Nc2nc(NC)cn3ccnc23)s1. The average molecular weight is 302 g/mol. The molecule has 0 aromatic carbocycles. The minimum atomic E-state index is 0.0930. The normalized spacial score (nSPS) is 12.5. The van der Waals surface area contributed by atoms with Gasteiger partial charge in [0.2, 0.25) is 0 Å². The summed E-state index contributed by atoms with van der Waals surface area (Å²) in [5, 5.41) is 7.54. The van der Waals surface area contributed by atoms with Gasteiger partial charge in [0.15, 0.2) is 11.5 Å². The number of hydrogen-bond acceptors (Lipinski definition) is 6. The molecule has 0 aliphatic rings. The highest BCUT2D eigenvalue weighted by molar-refractivity contribution is 7.11. The van der Waals surface area contributed by atoms with Gasteiger partial charge in [0.05, 0.1) is 12.2 Å². The molecular formula is C14H18N6S. The van der Waals surface area contributed by atoms with E-state index in [0.717, 1.165) is 28.7 Å². The maximum Gasteiger partial charge on any atom is 0.180 e. The zero-order chi connectivity index (χ0) is 14.8. The number of anilines is 2. The fraction of sp³-hybridized carbons (Fsp3) is 0.357. The molecule has 0 aliphatic heterocycles. The first-order valence-electron chi connectivity index (χ1n) is 6.94. The van der Waals surface area contributed by atoms with Crippen molar-refractivity contribution in [3.05, 3.63) is 34.7 Å². The molecule has 1 unspecified atom stereocenters. The summed E-state index contributed by atoms with van der Waals surface area (Å²) in [7, 11) is 1.85. The zero-order valence-electron chi connectivity index (χ0n) is 12.3. The number of imidazole rings is 1. The largest absolute Gasteiger partial charge is 0.372 e.